The molecule has 41 heavy (non-hydrogen) atoms. The molecule has 0 radical (unpaired) electrons. The van der Waals surface area contributed by atoms with Crippen molar-refractivity contribution in [2.45, 2.75) is 13.1 Å². The minimum atomic E-state index is 0.761. The molecule has 196 valence electrons. The van der Waals surface area contributed by atoms with E-state index in [-0.39, 0.29) is 0 Å². The first-order chi connectivity index (χ1) is 20.3. The fraction of sp³-hybridized carbons (Fsp3) is 0.0526. The lowest BCUT2D eigenvalue weighted by Crippen LogP contribution is -2.14. The van der Waals surface area contributed by atoms with E-state index in [1.165, 1.54) is 38.8 Å². The molecule has 1 N–H and O–H groups in total. The highest BCUT2D eigenvalue weighted by atomic mass is 16.3. The smallest absolute Gasteiger partial charge is 0.145 e. The van der Waals surface area contributed by atoms with Gasteiger partial charge in [-0.2, -0.15) is 0 Å². The maximum Gasteiger partial charge on any atom is 0.145 e. The Labute approximate surface area is 238 Å². The summed E-state index contributed by atoms with van der Waals surface area (Å²) in [5, 5.41) is 8.37. The first kappa shape index (κ1) is 23.7. The Balaban J connectivity index is 1.16. The van der Waals surface area contributed by atoms with Crippen LogP contribution in [0.4, 0.5) is 0 Å². The lowest BCUT2D eigenvalue weighted by molar-refractivity contribution is 0.673. The Hall–Kier alpha value is -5.12. The molecule has 0 atom stereocenters. The van der Waals surface area contributed by atoms with Crippen LogP contribution in [-0.4, -0.2) is 4.57 Å². The van der Waals surface area contributed by atoms with Gasteiger partial charge in [0.1, 0.15) is 11.2 Å². The van der Waals surface area contributed by atoms with Crippen LogP contribution >= 0.6 is 0 Å². The van der Waals surface area contributed by atoms with Gasteiger partial charge in [-0.25, -0.2) is 0 Å². The third-order valence-electron chi connectivity index (χ3n) is 8.12. The predicted octanol–water partition coefficient (Wildman–Crippen LogP) is 9.64. The highest BCUT2D eigenvalue weighted by Gasteiger charge is 2.19. The van der Waals surface area contributed by atoms with E-state index in [0.717, 1.165) is 45.9 Å². The summed E-state index contributed by atoms with van der Waals surface area (Å²) >= 11 is 0. The Morgan fingerprint density at radius 1 is 0.512 bits per heavy atom. The number of hydrogen-bond acceptors (Lipinski definition) is 2. The quantitative estimate of drug-likeness (QED) is 0.233. The molecule has 0 aliphatic rings. The molecule has 8 aromatic rings. The van der Waals surface area contributed by atoms with Crippen molar-refractivity contribution in [1.82, 2.24) is 9.88 Å². The first-order valence-electron chi connectivity index (χ1n) is 14.1. The van der Waals surface area contributed by atoms with E-state index in [9.17, 15) is 0 Å². The van der Waals surface area contributed by atoms with Gasteiger partial charge < -0.3 is 14.3 Å². The molecule has 0 amide bonds. The van der Waals surface area contributed by atoms with Crippen molar-refractivity contribution in [2.24, 2.45) is 0 Å². The number of rotatable bonds is 6. The molecule has 0 fully saturated rings. The van der Waals surface area contributed by atoms with Crippen molar-refractivity contribution in [3.63, 3.8) is 0 Å². The topological polar surface area (TPSA) is 30.1 Å². The van der Waals surface area contributed by atoms with Crippen molar-refractivity contribution >= 4 is 43.7 Å². The zero-order chi connectivity index (χ0) is 27.2. The third-order valence-corrected chi connectivity index (χ3v) is 8.12. The van der Waals surface area contributed by atoms with Crippen LogP contribution in [0.2, 0.25) is 0 Å². The van der Waals surface area contributed by atoms with E-state index >= 15 is 0 Å². The fourth-order valence-corrected chi connectivity index (χ4v) is 6.16. The highest BCUT2D eigenvalue weighted by molar-refractivity contribution is 6.23. The molecule has 6 aromatic carbocycles. The van der Waals surface area contributed by atoms with Crippen LogP contribution in [-0.2, 0) is 13.1 Å². The van der Waals surface area contributed by atoms with Crippen molar-refractivity contribution in [2.75, 3.05) is 0 Å². The van der Waals surface area contributed by atoms with Crippen molar-refractivity contribution in [1.29, 1.82) is 0 Å². The lowest BCUT2D eigenvalue weighted by Gasteiger charge is -2.14. The van der Waals surface area contributed by atoms with Gasteiger partial charge in [-0.3, -0.25) is 0 Å². The summed E-state index contributed by atoms with van der Waals surface area (Å²) < 4.78 is 8.87. The van der Waals surface area contributed by atoms with Gasteiger partial charge in [0.15, 0.2) is 0 Å². The molecule has 2 heterocycles. The molecule has 0 aliphatic heterocycles. The minimum Gasteiger partial charge on any atom is -0.455 e. The molecule has 0 saturated carbocycles. The molecule has 2 aromatic heterocycles. The first-order valence-corrected chi connectivity index (χ1v) is 14.1. The Morgan fingerprint density at radius 2 is 1.22 bits per heavy atom. The summed E-state index contributed by atoms with van der Waals surface area (Å²) in [5.41, 5.74) is 10.4. The number of benzene rings is 6. The largest absolute Gasteiger partial charge is 0.455 e. The second-order valence-electron chi connectivity index (χ2n) is 10.6. The normalized spacial score (nSPS) is 11.7. The number of furan rings is 1. The molecular weight excluding hydrogens is 500 g/mol. The van der Waals surface area contributed by atoms with Crippen LogP contribution in [0.25, 0.3) is 60.6 Å². The number of nitrogens with zero attached hydrogens (tertiary/aromatic N) is 1. The molecule has 0 aliphatic carbocycles. The molecule has 0 bridgehead atoms. The zero-order valence-corrected chi connectivity index (χ0v) is 22.5. The Bertz CT molecular complexity index is 2170. The third kappa shape index (κ3) is 4.02. The average molecular weight is 529 g/mol. The summed E-state index contributed by atoms with van der Waals surface area (Å²) in [5.74, 6) is 0. The predicted molar refractivity (Wildman–Crippen MR) is 170 cm³/mol. The summed E-state index contributed by atoms with van der Waals surface area (Å²) in [6.45, 7) is 1.56. The molecular formula is C38H28N2O. The van der Waals surface area contributed by atoms with E-state index in [4.69, 9.17) is 4.42 Å². The van der Waals surface area contributed by atoms with E-state index < -0.39 is 0 Å². The van der Waals surface area contributed by atoms with Gasteiger partial charge in [-0.15, -0.1) is 0 Å². The van der Waals surface area contributed by atoms with Gasteiger partial charge in [0.2, 0.25) is 0 Å². The molecule has 0 unspecified atom stereocenters. The van der Waals surface area contributed by atoms with E-state index in [0.29, 0.717) is 0 Å². The Morgan fingerprint density at radius 3 is 2.10 bits per heavy atom. The summed E-state index contributed by atoms with van der Waals surface area (Å²) in [7, 11) is 0. The highest BCUT2D eigenvalue weighted by Crippen LogP contribution is 2.40. The number of aromatic nitrogens is 1. The second-order valence-corrected chi connectivity index (χ2v) is 10.6. The number of fused-ring (bicyclic) bond motifs is 7. The molecule has 3 heteroatoms. The standard InChI is InChI=1S/C38H28N2O/c1-2-10-27(11-3-1)28-20-18-26(19-21-28)24-39-25-29-12-4-7-15-33(29)40-34-16-8-5-14-32(34)37-35(40)23-22-31-30-13-6-9-17-36(30)41-38(31)37/h1-23,39H,24-25H2. The van der Waals surface area contributed by atoms with E-state index in [1.54, 1.807) is 0 Å². The summed E-state index contributed by atoms with van der Waals surface area (Å²) in [4.78, 5) is 0. The number of nitrogens with one attached hydrogen (secondary N) is 1. The zero-order valence-electron chi connectivity index (χ0n) is 22.5. The number of para-hydroxylation sites is 3. The fourth-order valence-electron chi connectivity index (χ4n) is 6.16. The summed E-state index contributed by atoms with van der Waals surface area (Å²) in [6.07, 6.45) is 0. The van der Waals surface area contributed by atoms with Gasteiger partial charge in [0.25, 0.3) is 0 Å². The van der Waals surface area contributed by atoms with Gasteiger partial charge in [0, 0.05) is 29.2 Å². The molecule has 8 rings (SSSR count). The van der Waals surface area contributed by atoms with Gasteiger partial charge in [-0.1, -0.05) is 109 Å². The number of hydrogen-bond donors (Lipinski definition) is 1. The minimum absolute atomic E-state index is 0.761. The van der Waals surface area contributed by atoms with Crippen LogP contribution in [0, 0.1) is 0 Å². The molecule has 0 spiro atoms. The van der Waals surface area contributed by atoms with Crippen LogP contribution in [0.15, 0.2) is 144 Å². The monoisotopic (exact) mass is 528 g/mol. The van der Waals surface area contributed by atoms with Crippen LogP contribution in [0.5, 0.6) is 0 Å². The van der Waals surface area contributed by atoms with Gasteiger partial charge in [-0.05, 0) is 52.6 Å². The van der Waals surface area contributed by atoms with Crippen molar-refractivity contribution in [3.05, 3.63) is 151 Å². The van der Waals surface area contributed by atoms with Gasteiger partial charge in [0.05, 0.1) is 22.1 Å². The summed E-state index contributed by atoms with van der Waals surface area (Å²) in [6, 6.07) is 49.5. The average Bonchev–Trinajstić information content (AvgIpc) is 3.58. The SMILES string of the molecule is c1ccc(-c2ccc(CNCc3ccccc3-n3c4ccccc4c4c5oc6ccccc6c5ccc43)cc2)cc1. The van der Waals surface area contributed by atoms with Crippen molar-refractivity contribution in [3.8, 4) is 16.8 Å². The maximum absolute atomic E-state index is 6.48. The van der Waals surface area contributed by atoms with Gasteiger partial charge >= 0.3 is 0 Å². The van der Waals surface area contributed by atoms with Crippen LogP contribution in [0.1, 0.15) is 11.1 Å². The lowest BCUT2D eigenvalue weighted by atomic mass is 10.0. The van der Waals surface area contributed by atoms with E-state index in [2.05, 4.69) is 143 Å². The van der Waals surface area contributed by atoms with Crippen LogP contribution < -0.4 is 5.32 Å². The van der Waals surface area contributed by atoms with E-state index in [1.807, 2.05) is 6.07 Å². The molecule has 0 saturated heterocycles. The molecule has 3 nitrogen and oxygen atoms in total. The Kier molecular flexibility index (Phi) is 5.68. The second kappa shape index (κ2) is 9.81. The van der Waals surface area contributed by atoms with Crippen LogP contribution in [0.3, 0.4) is 0 Å². The maximum atomic E-state index is 6.48. The van der Waals surface area contributed by atoms with Crippen molar-refractivity contribution < 1.29 is 4.42 Å².